The summed E-state index contributed by atoms with van der Waals surface area (Å²) in [6.45, 7) is 2.75. The Kier molecular flexibility index (Phi) is 7.55. The second-order valence-corrected chi connectivity index (χ2v) is 6.66. The highest BCUT2D eigenvalue weighted by Gasteiger charge is 2.40. The van der Waals surface area contributed by atoms with Crippen LogP contribution in [0.5, 0.6) is 0 Å². The van der Waals surface area contributed by atoms with Gasteiger partial charge in [0.15, 0.2) is 0 Å². The fraction of sp³-hybridized carbons (Fsp3) is 0.714. The number of nitrogens with zero attached hydrogens (tertiary/aromatic N) is 2. The van der Waals surface area contributed by atoms with E-state index in [0.717, 1.165) is 30.9 Å². The topological polar surface area (TPSA) is 68.5 Å². The van der Waals surface area contributed by atoms with Crippen LogP contribution in [0.15, 0.2) is 11.6 Å². The van der Waals surface area contributed by atoms with Gasteiger partial charge >= 0.3 is 0 Å². The second kappa shape index (κ2) is 8.45. The zero-order valence-corrected chi connectivity index (χ0v) is 14.9. The van der Waals surface area contributed by atoms with E-state index >= 15 is 0 Å². The van der Waals surface area contributed by atoms with Gasteiger partial charge in [0.05, 0.1) is 10.5 Å². The lowest BCUT2D eigenvalue weighted by Gasteiger charge is -2.40. The van der Waals surface area contributed by atoms with Crippen LogP contribution in [0, 0.1) is 0 Å². The van der Waals surface area contributed by atoms with Crippen molar-refractivity contribution in [3.05, 3.63) is 16.6 Å². The molecule has 0 bridgehead atoms. The van der Waals surface area contributed by atoms with Crippen molar-refractivity contribution in [1.29, 1.82) is 0 Å². The number of nitrogens with two attached hydrogens (primary N) is 1. The number of likely N-dealkylation sites (tertiary alicyclic amines) is 1. The first kappa shape index (κ1) is 19.6. The number of hydrogen-bond acceptors (Lipinski definition) is 5. The average Bonchev–Trinajstić information content (AvgIpc) is 3.02. The molecule has 0 aliphatic carbocycles. The zero-order valence-electron chi connectivity index (χ0n) is 12.4. The van der Waals surface area contributed by atoms with Crippen molar-refractivity contribution in [3.63, 3.8) is 0 Å². The molecule has 2 aliphatic rings. The predicted molar refractivity (Wildman–Crippen MR) is 92.1 cm³/mol. The van der Waals surface area contributed by atoms with Crippen molar-refractivity contribution in [1.82, 2.24) is 9.88 Å². The lowest BCUT2D eigenvalue weighted by molar-refractivity contribution is -0.141. The standard InChI is InChI=1S/C14H21N3O2S.2ClH/c15-14(3-7-19-8-4-14)13(18)17-6-1-2-11(10-17)12-16-5-9-20-12;;/h5,9,11H,1-4,6-8,10,15H2;2*1H. The third kappa shape index (κ3) is 4.11. The lowest BCUT2D eigenvalue weighted by atomic mass is 9.88. The van der Waals surface area contributed by atoms with Crippen molar-refractivity contribution < 1.29 is 9.53 Å². The van der Waals surface area contributed by atoms with Crippen LogP contribution in [0.25, 0.3) is 0 Å². The summed E-state index contributed by atoms with van der Waals surface area (Å²) in [5.41, 5.74) is 5.59. The highest BCUT2D eigenvalue weighted by Crippen LogP contribution is 2.30. The third-order valence-electron chi connectivity index (χ3n) is 4.32. The van der Waals surface area contributed by atoms with Crippen LogP contribution in [0.2, 0.25) is 0 Å². The van der Waals surface area contributed by atoms with Crippen LogP contribution in [0.3, 0.4) is 0 Å². The number of thiazole rings is 1. The second-order valence-electron chi connectivity index (χ2n) is 5.73. The Bertz CT molecular complexity index is 467. The number of halogens is 2. The summed E-state index contributed by atoms with van der Waals surface area (Å²) in [7, 11) is 0. The fourth-order valence-electron chi connectivity index (χ4n) is 3.06. The number of carbonyl (C=O) groups excluding carboxylic acids is 1. The van der Waals surface area contributed by atoms with Gasteiger partial charge in [-0.2, -0.15) is 0 Å². The minimum atomic E-state index is -0.719. The molecule has 8 heteroatoms. The van der Waals surface area contributed by atoms with Crippen molar-refractivity contribution in [2.24, 2.45) is 5.73 Å². The Morgan fingerprint density at radius 1 is 1.41 bits per heavy atom. The number of carbonyl (C=O) groups is 1. The summed E-state index contributed by atoms with van der Waals surface area (Å²) in [4.78, 5) is 19.1. The SMILES string of the molecule is Cl.Cl.NC1(C(=O)N2CCCC(c3nccs3)C2)CCOCC1. The van der Waals surface area contributed by atoms with Gasteiger partial charge in [0, 0.05) is 43.8 Å². The molecular weight excluding hydrogens is 345 g/mol. The van der Waals surface area contributed by atoms with E-state index in [0.29, 0.717) is 32.0 Å². The molecule has 1 amide bonds. The van der Waals surface area contributed by atoms with Gasteiger partial charge in [-0.15, -0.1) is 36.2 Å². The molecule has 3 rings (SSSR count). The molecule has 126 valence electrons. The van der Waals surface area contributed by atoms with Gasteiger partial charge in [-0.25, -0.2) is 4.98 Å². The smallest absolute Gasteiger partial charge is 0.242 e. The summed E-state index contributed by atoms with van der Waals surface area (Å²) in [6.07, 6.45) is 5.23. The molecule has 1 unspecified atom stereocenters. The first-order valence-electron chi connectivity index (χ1n) is 7.24. The molecule has 0 aromatic carbocycles. The average molecular weight is 368 g/mol. The molecule has 0 radical (unpaired) electrons. The number of ether oxygens (including phenoxy) is 1. The summed E-state index contributed by atoms with van der Waals surface area (Å²) >= 11 is 1.68. The summed E-state index contributed by atoms with van der Waals surface area (Å²) in [5, 5.41) is 3.14. The minimum Gasteiger partial charge on any atom is -0.381 e. The van der Waals surface area contributed by atoms with Crippen LogP contribution in [-0.4, -0.2) is 47.6 Å². The fourth-order valence-corrected chi connectivity index (χ4v) is 3.83. The Balaban J connectivity index is 0.00000121. The van der Waals surface area contributed by atoms with Gasteiger partial charge in [0.2, 0.25) is 5.91 Å². The van der Waals surface area contributed by atoms with Crippen LogP contribution >= 0.6 is 36.2 Å². The highest BCUT2D eigenvalue weighted by molar-refractivity contribution is 7.09. The molecule has 2 saturated heterocycles. The highest BCUT2D eigenvalue weighted by atomic mass is 35.5. The van der Waals surface area contributed by atoms with Crippen LogP contribution in [0.4, 0.5) is 0 Å². The van der Waals surface area contributed by atoms with Crippen molar-refractivity contribution in [2.75, 3.05) is 26.3 Å². The maximum Gasteiger partial charge on any atom is 0.242 e. The summed E-state index contributed by atoms with van der Waals surface area (Å²) in [5.74, 6) is 0.471. The van der Waals surface area contributed by atoms with Gasteiger partial charge in [0.1, 0.15) is 0 Å². The molecule has 5 nitrogen and oxygen atoms in total. The first-order valence-corrected chi connectivity index (χ1v) is 8.12. The van der Waals surface area contributed by atoms with Crippen molar-refractivity contribution in [2.45, 2.75) is 37.1 Å². The monoisotopic (exact) mass is 367 g/mol. The summed E-state index contributed by atoms with van der Waals surface area (Å²) < 4.78 is 5.32. The number of aromatic nitrogens is 1. The molecule has 1 aromatic rings. The number of rotatable bonds is 2. The van der Waals surface area contributed by atoms with Crippen molar-refractivity contribution in [3.8, 4) is 0 Å². The van der Waals surface area contributed by atoms with E-state index in [1.165, 1.54) is 0 Å². The minimum absolute atomic E-state index is 0. The maximum atomic E-state index is 12.7. The normalized spacial score (nSPS) is 24.0. The molecule has 0 saturated carbocycles. The van der Waals surface area contributed by atoms with E-state index in [4.69, 9.17) is 10.5 Å². The molecular formula is C14H23Cl2N3O2S. The lowest BCUT2D eigenvalue weighted by Crippen LogP contribution is -2.59. The Labute approximate surface area is 147 Å². The van der Waals surface area contributed by atoms with Gasteiger partial charge in [-0.05, 0) is 25.7 Å². The molecule has 2 N–H and O–H groups in total. The van der Waals surface area contributed by atoms with Crippen LogP contribution < -0.4 is 5.73 Å². The molecule has 3 heterocycles. The van der Waals surface area contributed by atoms with E-state index in [1.54, 1.807) is 11.3 Å². The van der Waals surface area contributed by atoms with E-state index in [-0.39, 0.29) is 30.7 Å². The Morgan fingerprint density at radius 2 is 2.14 bits per heavy atom. The van der Waals surface area contributed by atoms with Gasteiger partial charge < -0.3 is 15.4 Å². The number of hydrogen-bond donors (Lipinski definition) is 1. The number of piperidine rings is 1. The van der Waals surface area contributed by atoms with E-state index in [9.17, 15) is 4.79 Å². The molecule has 2 fully saturated rings. The van der Waals surface area contributed by atoms with Crippen LogP contribution in [-0.2, 0) is 9.53 Å². The Hall–Kier alpha value is -0.400. The molecule has 22 heavy (non-hydrogen) atoms. The van der Waals surface area contributed by atoms with E-state index in [2.05, 4.69) is 4.98 Å². The number of amides is 1. The molecule has 2 aliphatic heterocycles. The van der Waals surface area contributed by atoms with E-state index in [1.807, 2.05) is 16.5 Å². The van der Waals surface area contributed by atoms with Gasteiger partial charge in [-0.3, -0.25) is 4.79 Å². The maximum absolute atomic E-state index is 12.7. The molecule has 0 spiro atoms. The summed E-state index contributed by atoms with van der Waals surface area (Å²) in [6, 6.07) is 0. The quantitative estimate of drug-likeness (QED) is 0.869. The third-order valence-corrected chi connectivity index (χ3v) is 5.26. The zero-order chi connectivity index (χ0) is 14.0. The van der Waals surface area contributed by atoms with Crippen LogP contribution in [0.1, 0.15) is 36.6 Å². The predicted octanol–water partition coefficient (Wildman–Crippen LogP) is 2.20. The van der Waals surface area contributed by atoms with Crippen molar-refractivity contribution >= 4 is 42.1 Å². The molecule has 1 atom stereocenters. The van der Waals surface area contributed by atoms with Gasteiger partial charge in [-0.1, -0.05) is 0 Å². The first-order chi connectivity index (χ1) is 9.69. The van der Waals surface area contributed by atoms with E-state index < -0.39 is 5.54 Å². The largest absolute Gasteiger partial charge is 0.381 e. The Morgan fingerprint density at radius 3 is 2.77 bits per heavy atom. The van der Waals surface area contributed by atoms with Gasteiger partial charge in [0.25, 0.3) is 0 Å². The molecule has 1 aromatic heterocycles.